The van der Waals surface area contributed by atoms with Crippen LogP contribution in [0.3, 0.4) is 0 Å². The summed E-state index contributed by atoms with van der Waals surface area (Å²) in [5, 5.41) is 0. The molecule has 0 aliphatic rings. The van der Waals surface area contributed by atoms with Gasteiger partial charge in [-0.3, -0.25) is 0 Å². The molecule has 106 valence electrons. The van der Waals surface area contributed by atoms with Gasteiger partial charge in [-0.05, 0) is 47.1 Å². The molecular formula is C19H24O. The molecule has 0 amide bonds. The molecule has 0 fully saturated rings. The lowest BCUT2D eigenvalue weighted by atomic mass is 9.86. The number of hydrogen-bond acceptors (Lipinski definition) is 1. The van der Waals surface area contributed by atoms with Gasteiger partial charge in [0, 0.05) is 0 Å². The van der Waals surface area contributed by atoms with Crippen molar-refractivity contribution in [1.29, 1.82) is 0 Å². The quantitative estimate of drug-likeness (QED) is 0.775. The minimum atomic E-state index is 0.231. The molecule has 0 spiro atoms. The van der Waals surface area contributed by atoms with Crippen molar-refractivity contribution in [2.24, 2.45) is 0 Å². The van der Waals surface area contributed by atoms with E-state index < -0.39 is 0 Å². The van der Waals surface area contributed by atoms with Crippen molar-refractivity contribution < 1.29 is 4.74 Å². The van der Waals surface area contributed by atoms with Crippen molar-refractivity contribution in [3.05, 3.63) is 65.2 Å². The van der Waals surface area contributed by atoms with E-state index >= 15 is 0 Å². The number of rotatable bonds is 4. The van der Waals surface area contributed by atoms with Crippen LogP contribution in [-0.4, -0.2) is 7.11 Å². The van der Waals surface area contributed by atoms with Crippen molar-refractivity contribution in [2.75, 3.05) is 7.11 Å². The molecule has 0 aliphatic carbocycles. The highest BCUT2D eigenvalue weighted by atomic mass is 16.5. The SMILES string of the molecule is COc1ccc(CCc2ccc(C(C)(C)C)cc2)cc1. The summed E-state index contributed by atoms with van der Waals surface area (Å²) in [5.41, 5.74) is 4.37. The summed E-state index contributed by atoms with van der Waals surface area (Å²) in [6.45, 7) is 6.75. The standard InChI is InChI=1S/C19H24O/c1-19(2,3)17-11-7-15(8-12-17)5-6-16-9-13-18(20-4)14-10-16/h7-14H,5-6H2,1-4H3. The Bertz CT molecular complexity index is 529. The van der Waals surface area contributed by atoms with Crippen LogP contribution >= 0.6 is 0 Å². The topological polar surface area (TPSA) is 9.23 Å². The third kappa shape index (κ3) is 3.86. The Balaban J connectivity index is 1.96. The number of benzene rings is 2. The molecule has 1 heteroatoms. The molecule has 0 aliphatic heterocycles. The first-order chi connectivity index (χ1) is 9.49. The Morgan fingerprint density at radius 3 is 1.60 bits per heavy atom. The van der Waals surface area contributed by atoms with Crippen molar-refractivity contribution in [3.8, 4) is 5.75 Å². The maximum absolute atomic E-state index is 5.18. The van der Waals surface area contributed by atoms with Gasteiger partial charge >= 0.3 is 0 Å². The average Bonchev–Trinajstić information content (AvgIpc) is 2.45. The normalized spacial score (nSPS) is 11.4. The summed E-state index contributed by atoms with van der Waals surface area (Å²) in [7, 11) is 1.70. The van der Waals surface area contributed by atoms with Gasteiger partial charge in [-0.1, -0.05) is 57.2 Å². The Hall–Kier alpha value is -1.76. The number of aryl methyl sites for hydroxylation is 2. The van der Waals surface area contributed by atoms with E-state index in [4.69, 9.17) is 4.74 Å². The fourth-order valence-corrected chi connectivity index (χ4v) is 2.25. The molecule has 2 aromatic rings. The van der Waals surface area contributed by atoms with E-state index in [1.54, 1.807) is 7.11 Å². The lowest BCUT2D eigenvalue weighted by Gasteiger charge is -2.19. The van der Waals surface area contributed by atoms with Gasteiger partial charge in [0.25, 0.3) is 0 Å². The molecule has 0 atom stereocenters. The smallest absolute Gasteiger partial charge is 0.118 e. The van der Waals surface area contributed by atoms with Crippen LogP contribution in [0.15, 0.2) is 48.5 Å². The molecule has 2 rings (SSSR count). The zero-order chi connectivity index (χ0) is 14.6. The first-order valence-electron chi connectivity index (χ1n) is 7.21. The molecule has 0 N–H and O–H groups in total. The van der Waals surface area contributed by atoms with Crippen LogP contribution in [0.25, 0.3) is 0 Å². The fourth-order valence-electron chi connectivity index (χ4n) is 2.25. The van der Waals surface area contributed by atoms with E-state index in [0.29, 0.717) is 0 Å². The fraction of sp³-hybridized carbons (Fsp3) is 0.368. The zero-order valence-electron chi connectivity index (χ0n) is 12.9. The van der Waals surface area contributed by atoms with Crippen molar-refractivity contribution in [3.63, 3.8) is 0 Å². The molecule has 0 radical (unpaired) electrons. The predicted molar refractivity (Wildman–Crippen MR) is 85.5 cm³/mol. The van der Waals surface area contributed by atoms with E-state index in [2.05, 4.69) is 57.2 Å². The summed E-state index contributed by atoms with van der Waals surface area (Å²) < 4.78 is 5.18. The summed E-state index contributed by atoms with van der Waals surface area (Å²) in [5.74, 6) is 0.920. The summed E-state index contributed by atoms with van der Waals surface area (Å²) in [6, 6.07) is 17.3. The van der Waals surface area contributed by atoms with Gasteiger partial charge in [-0.25, -0.2) is 0 Å². The number of ether oxygens (including phenoxy) is 1. The average molecular weight is 268 g/mol. The molecule has 20 heavy (non-hydrogen) atoms. The molecular weight excluding hydrogens is 244 g/mol. The third-order valence-electron chi connectivity index (χ3n) is 3.68. The molecule has 1 nitrogen and oxygen atoms in total. The second kappa shape index (κ2) is 6.13. The number of methoxy groups -OCH3 is 1. The Morgan fingerprint density at radius 1 is 0.750 bits per heavy atom. The minimum absolute atomic E-state index is 0.231. The van der Waals surface area contributed by atoms with Crippen LogP contribution in [0.1, 0.15) is 37.5 Å². The lowest BCUT2D eigenvalue weighted by molar-refractivity contribution is 0.414. The Morgan fingerprint density at radius 2 is 1.20 bits per heavy atom. The summed E-state index contributed by atoms with van der Waals surface area (Å²) in [6.07, 6.45) is 2.15. The minimum Gasteiger partial charge on any atom is -0.497 e. The molecule has 0 bridgehead atoms. The van der Waals surface area contributed by atoms with Crippen LogP contribution in [-0.2, 0) is 18.3 Å². The Labute approximate surface area is 122 Å². The highest BCUT2D eigenvalue weighted by Gasteiger charge is 2.12. The first-order valence-corrected chi connectivity index (χ1v) is 7.21. The van der Waals surface area contributed by atoms with E-state index in [0.717, 1.165) is 18.6 Å². The first kappa shape index (κ1) is 14.6. The third-order valence-corrected chi connectivity index (χ3v) is 3.68. The van der Waals surface area contributed by atoms with Gasteiger partial charge in [-0.15, -0.1) is 0 Å². The molecule has 0 saturated carbocycles. The van der Waals surface area contributed by atoms with Crippen molar-refractivity contribution in [2.45, 2.75) is 39.0 Å². The van der Waals surface area contributed by atoms with E-state index in [1.165, 1.54) is 16.7 Å². The van der Waals surface area contributed by atoms with Crippen LogP contribution in [0.5, 0.6) is 5.75 Å². The van der Waals surface area contributed by atoms with Gasteiger partial charge in [0.2, 0.25) is 0 Å². The molecule has 0 saturated heterocycles. The molecule has 0 heterocycles. The maximum Gasteiger partial charge on any atom is 0.118 e. The van der Waals surface area contributed by atoms with Gasteiger partial charge in [0.15, 0.2) is 0 Å². The zero-order valence-corrected chi connectivity index (χ0v) is 12.9. The van der Waals surface area contributed by atoms with Crippen LogP contribution in [0.2, 0.25) is 0 Å². The van der Waals surface area contributed by atoms with Gasteiger partial charge in [-0.2, -0.15) is 0 Å². The van der Waals surface area contributed by atoms with Gasteiger partial charge in [0.05, 0.1) is 7.11 Å². The predicted octanol–water partition coefficient (Wildman–Crippen LogP) is 4.78. The maximum atomic E-state index is 5.18. The van der Waals surface area contributed by atoms with Crippen LogP contribution in [0.4, 0.5) is 0 Å². The summed E-state index contributed by atoms with van der Waals surface area (Å²) in [4.78, 5) is 0. The highest BCUT2D eigenvalue weighted by molar-refractivity contribution is 5.30. The van der Waals surface area contributed by atoms with Crippen molar-refractivity contribution in [1.82, 2.24) is 0 Å². The molecule has 0 unspecified atom stereocenters. The Kier molecular flexibility index (Phi) is 4.49. The second-order valence-electron chi connectivity index (χ2n) is 6.29. The van der Waals surface area contributed by atoms with Gasteiger partial charge < -0.3 is 4.74 Å². The monoisotopic (exact) mass is 268 g/mol. The largest absolute Gasteiger partial charge is 0.497 e. The van der Waals surface area contributed by atoms with E-state index in [9.17, 15) is 0 Å². The number of hydrogen-bond donors (Lipinski definition) is 0. The summed E-state index contributed by atoms with van der Waals surface area (Å²) >= 11 is 0. The molecule has 0 aromatic heterocycles. The second-order valence-corrected chi connectivity index (χ2v) is 6.29. The highest BCUT2D eigenvalue weighted by Crippen LogP contribution is 2.22. The lowest BCUT2D eigenvalue weighted by Crippen LogP contribution is -2.10. The van der Waals surface area contributed by atoms with Gasteiger partial charge in [0.1, 0.15) is 5.75 Å². The van der Waals surface area contributed by atoms with Crippen LogP contribution < -0.4 is 4.74 Å². The van der Waals surface area contributed by atoms with Crippen molar-refractivity contribution >= 4 is 0 Å². The van der Waals surface area contributed by atoms with Crippen LogP contribution in [0, 0.1) is 0 Å². The molecule has 2 aromatic carbocycles. The van der Waals surface area contributed by atoms with E-state index in [-0.39, 0.29) is 5.41 Å². The van der Waals surface area contributed by atoms with E-state index in [1.807, 2.05) is 12.1 Å².